The summed E-state index contributed by atoms with van der Waals surface area (Å²) in [4.78, 5) is 38.3. The first kappa shape index (κ1) is 20.0. The summed E-state index contributed by atoms with van der Waals surface area (Å²) in [7, 11) is 0. The van der Waals surface area contributed by atoms with Crippen LogP contribution in [-0.4, -0.2) is 46.4 Å². The molecule has 0 aliphatic carbocycles. The van der Waals surface area contributed by atoms with Crippen molar-refractivity contribution in [2.45, 2.75) is 45.7 Å². The van der Waals surface area contributed by atoms with Crippen LogP contribution in [0.1, 0.15) is 44.0 Å². The van der Waals surface area contributed by atoms with Crippen molar-refractivity contribution in [3.8, 4) is 0 Å². The molecule has 2 atom stereocenters. The first-order valence-corrected chi connectivity index (χ1v) is 8.79. The highest BCUT2D eigenvalue weighted by Gasteiger charge is 2.41. The number of likely N-dealkylation sites (tertiary alicyclic amines) is 1. The van der Waals surface area contributed by atoms with Gasteiger partial charge in [0.2, 0.25) is 5.91 Å². The summed E-state index contributed by atoms with van der Waals surface area (Å²) < 4.78 is 0. The molecule has 2 unspecified atom stereocenters. The highest BCUT2D eigenvalue weighted by Crippen LogP contribution is 2.26. The van der Waals surface area contributed by atoms with E-state index >= 15 is 0 Å². The summed E-state index contributed by atoms with van der Waals surface area (Å²) in [5.74, 6) is -1.89. The molecule has 1 aliphatic rings. The molecule has 0 radical (unpaired) electrons. The monoisotopic (exact) mass is 381 g/mol. The van der Waals surface area contributed by atoms with E-state index in [1.54, 1.807) is 0 Å². The SMILES string of the molecule is CC(C)(C)C(NC(=O)c1ccc(N)c(Cl)c1)C(=O)N1CCCC1C(=O)O. The molecule has 0 aromatic heterocycles. The average molecular weight is 382 g/mol. The molecule has 1 aromatic rings. The van der Waals surface area contributed by atoms with Gasteiger partial charge in [0.15, 0.2) is 0 Å². The van der Waals surface area contributed by atoms with Crippen LogP contribution in [0.4, 0.5) is 5.69 Å². The van der Waals surface area contributed by atoms with Crippen molar-refractivity contribution in [3.05, 3.63) is 28.8 Å². The van der Waals surface area contributed by atoms with Crippen molar-refractivity contribution in [2.24, 2.45) is 5.41 Å². The highest BCUT2D eigenvalue weighted by atomic mass is 35.5. The van der Waals surface area contributed by atoms with Crippen LogP contribution >= 0.6 is 11.6 Å². The number of nitrogens with two attached hydrogens (primary N) is 1. The Labute approximate surface area is 157 Å². The van der Waals surface area contributed by atoms with E-state index in [-0.39, 0.29) is 10.6 Å². The van der Waals surface area contributed by atoms with Crippen molar-refractivity contribution in [2.75, 3.05) is 12.3 Å². The number of carboxylic acids is 1. The Balaban J connectivity index is 2.24. The Morgan fingerprint density at radius 1 is 1.35 bits per heavy atom. The summed E-state index contributed by atoms with van der Waals surface area (Å²) >= 11 is 5.96. The molecule has 2 rings (SSSR count). The maximum atomic E-state index is 13.0. The van der Waals surface area contributed by atoms with Crippen molar-refractivity contribution in [1.29, 1.82) is 0 Å². The predicted molar refractivity (Wildman–Crippen MR) is 98.9 cm³/mol. The minimum absolute atomic E-state index is 0.252. The van der Waals surface area contributed by atoms with Gasteiger partial charge in [-0.2, -0.15) is 0 Å². The molecule has 0 saturated carbocycles. The molecule has 1 heterocycles. The Hall–Kier alpha value is -2.28. The zero-order valence-electron chi connectivity index (χ0n) is 15.1. The van der Waals surface area contributed by atoms with Crippen LogP contribution in [0.2, 0.25) is 5.02 Å². The van der Waals surface area contributed by atoms with E-state index in [0.717, 1.165) is 0 Å². The smallest absolute Gasteiger partial charge is 0.326 e. The maximum absolute atomic E-state index is 13.0. The summed E-state index contributed by atoms with van der Waals surface area (Å²) in [6.45, 7) is 5.82. The van der Waals surface area contributed by atoms with Gasteiger partial charge >= 0.3 is 5.97 Å². The molecule has 1 aromatic carbocycles. The Bertz CT molecular complexity index is 730. The van der Waals surface area contributed by atoms with Crippen LogP contribution in [0.3, 0.4) is 0 Å². The van der Waals surface area contributed by atoms with Gasteiger partial charge in [-0.3, -0.25) is 9.59 Å². The van der Waals surface area contributed by atoms with Crippen LogP contribution in [-0.2, 0) is 9.59 Å². The van der Waals surface area contributed by atoms with E-state index < -0.39 is 35.3 Å². The molecule has 0 bridgehead atoms. The Morgan fingerprint density at radius 2 is 2.00 bits per heavy atom. The molecule has 4 N–H and O–H groups in total. The van der Waals surface area contributed by atoms with Gasteiger partial charge < -0.3 is 21.1 Å². The average Bonchev–Trinajstić information content (AvgIpc) is 3.03. The van der Waals surface area contributed by atoms with Gasteiger partial charge in [-0.1, -0.05) is 32.4 Å². The third-order valence-electron chi connectivity index (χ3n) is 4.47. The third kappa shape index (κ3) is 4.27. The molecule has 7 nitrogen and oxygen atoms in total. The number of nitrogens with one attached hydrogen (secondary N) is 1. The quantitative estimate of drug-likeness (QED) is 0.691. The number of carboxylic acid groups (broad SMARTS) is 1. The van der Waals surface area contributed by atoms with Gasteiger partial charge in [0, 0.05) is 12.1 Å². The topological polar surface area (TPSA) is 113 Å². The van der Waals surface area contributed by atoms with Gasteiger partial charge in [0.05, 0.1) is 10.7 Å². The van der Waals surface area contributed by atoms with Crippen molar-refractivity contribution in [3.63, 3.8) is 0 Å². The number of nitrogens with zero attached hydrogens (tertiary/aromatic N) is 1. The van der Waals surface area contributed by atoms with E-state index in [2.05, 4.69) is 5.32 Å². The number of benzene rings is 1. The highest BCUT2D eigenvalue weighted by molar-refractivity contribution is 6.33. The number of amides is 2. The Kier molecular flexibility index (Phi) is 5.81. The second-order valence-electron chi connectivity index (χ2n) is 7.54. The van der Waals surface area contributed by atoms with Gasteiger partial charge in [0.25, 0.3) is 5.91 Å². The fourth-order valence-corrected chi connectivity index (χ4v) is 3.17. The van der Waals surface area contributed by atoms with Gasteiger partial charge in [-0.05, 0) is 36.5 Å². The molecule has 0 spiro atoms. The summed E-state index contributed by atoms with van der Waals surface area (Å²) in [6.07, 6.45) is 1.04. The van der Waals surface area contributed by atoms with Crippen LogP contribution in [0.15, 0.2) is 18.2 Å². The third-order valence-corrected chi connectivity index (χ3v) is 4.80. The largest absolute Gasteiger partial charge is 0.480 e. The summed E-state index contributed by atoms with van der Waals surface area (Å²) in [5.41, 5.74) is 5.69. The van der Waals surface area contributed by atoms with Crippen molar-refractivity contribution >= 4 is 35.1 Å². The van der Waals surface area contributed by atoms with E-state index in [9.17, 15) is 19.5 Å². The second kappa shape index (κ2) is 7.53. The lowest BCUT2D eigenvalue weighted by Gasteiger charge is -2.34. The fraction of sp³-hybridized carbons (Fsp3) is 0.500. The number of hydrogen-bond acceptors (Lipinski definition) is 4. The summed E-state index contributed by atoms with van der Waals surface area (Å²) in [5, 5.41) is 12.3. The van der Waals surface area contributed by atoms with Gasteiger partial charge in [0.1, 0.15) is 12.1 Å². The molecule has 142 valence electrons. The van der Waals surface area contributed by atoms with E-state index in [4.69, 9.17) is 17.3 Å². The van der Waals surface area contributed by atoms with Crippen molar-refractivity contribution in [1.82, 2.24) is 10.2 Å². The van der Waals surface area contributed by atoms with Crippen molar-refractivity contribution < 1.29 is 19.5 Å². The lowest BCUT2D eigenvalue weighted by molar-refractivity contribution is -0.150. The van der Waals surface area contributed by atoms with Gasteiger partial charge in [-0.25, -0.2) is 4.79 Å². The molecule has 1 aliphatic heterocycles. The molecule has 1 fully saturated rings. The van der Waals surface area contributed by atoms with Gasteiger partial charge in [-0.15, -0.1) is 0 Å². The second-order valence-corrected chi connectivity index (χ2v) is 7.94. The van der Waals surface area contributed by atoms with Crippen LogP contribution < -0.4 is 11.1 Å². The lowest BCUT2D eigenvalue weighted by atomic mass is 9.85. The number of halogens is 1. The van der Waals surface area contributed by atoms with E-state index in [1.807, 2.05) is 20.8 Å². The molecule has 1 saturated heterocycles. The minimum atomic E-state index is -1.03. The van der Waals surface area contributed by atoms with Crippen LogP contribution in [0, 0.1) is 5.41 Å². The summed E-state index contributed by atoms with van der Waals surface area (Å²) in [6, 6.07) is 2.76. The van der Waals surface area contributed by atoms with Crippen LogP contribution in [0.25, 0.3) is 0 Å². The first-order chi connectivity index (χ1) is 12.0. The van der Waals surface area contributed by atoms with E-state index in [0.29, 0.717) is 25.1 Å². The number of aliphatic carboxylic acids is 1. The fourth-order valence-electron chi connectivity index (χ4n) is 2.98. The normalized spacial score (nSPS) is 18.5. The zero-order chi connectivity index (χ0) is 19.6. The number of rotatable bonds is 4. The minimum Gasteiger partial charge on any atom is -0.480 e. The van der Waals surface area contributed by atoms with Crippen LogP contribution in [0.5, 0.6) is 0 Å². The molecular weight excluding hydrogens is 358 g/mol. The molecule has 2 amide bonds. The Morgan fingerprint density at radius 3 is 2.54 bits per heavy atom. The standard InChI is InChI=1S/C18H24ClN3O4/c1-18(2,3)14(16(24)22-8-4-5-13(22)17(25)26)21-15(23)10-6-7-12(20)11(19)9-10/h6-7,9,13-14H,4-5,8,20H2,1-3H3,(H,21,23)(H,25,26). The maximum Gasteiger partial charge on any atom is 0.326 e. The number of nitrogen functional groups attached to an aromatic ring is 1. The predicted octanol–water partition coefficient (Wildman–Crippen LogP) is 2.14. The zero-order valence-corrected chi connectivity index (χ0v) is 15.8. The number of carbonyl (C=O) groups excluding carboxylic acids is 2. The number of carbonyl (C=O) groups is 3. The first-order valence-electron chi connectivity index (χ1n) is 8.41. The molecule has 26 heavy (non-hydrogen) atoms. The van der Waals surface area contributed by atoms with E-state index in [1.165, 1.54) is 23.1 Å². The number of hydrogen-bond donors (Lipinski definition) is 3. The lowest BCUT2D eigenvalue weighted by Crippen LogP contribution is -2.56. The number of anilines is 1. The molecular formula is C18H24ClN3O4. The molecule has 8 heteroatoms.